The van der Waals surface area contributed by atoms with E-state index in [1.165, 1.54) is 0 Å². The third kappa shape index (κ3) is 4.54. The molecule has 0 saturated carbocycles. The van der Waals surface area contributed by atoms with Crippen molar-refractivity contribution in [3.05, 3.63) is 48.3 Å². The smallest absolute Gasteiger partial charge is 0.411 e. The molecule has 0 aliphatic heterocycles. The maximum atomic E-state index is 11.5. The Balaban J connectivity index is 1.77. The van der Waals surface area contributed by atoms with E-state index in [0.29, 0.717) is 12.3 Å². The van der Waals surface area contributed by atoms with Crippen molar-refractivity contribution in [1.82, 2.24) is 14.6 Å². The van der Waals surface area contributed by atoms with Crippen molar-refractivity contribution in [2.45, 2.75) is 43.0 Å². The molecule has 0 atom stereocenters. The van der Waals surface area contributed by atoms with Crippen LogP contribution >= 0.6 is 11.8 Å². The van der Waals surface area contributed by atoms with Gasteiger partial charge < -0.3 is 4.74 Å². The minimum absolute atomic E-state index is 0.349. The number of hydrogen-bond donors (Lipinski definition) is 1. The second-order valence-electron chi connectivity index (χ2n) is 5.76. The second kappa shape index (κ2) is 8.71. The molecule has 26 heavy (non-hydrogen) atoms. The number of carbonyl (C=O) groups excluding carboxylic acids is 1. The van der Waals surface area contributed by atoms with Gasteiger partial charge in [-0.05, 0) is 50.1 Å². The molecule has 1 amide bonds. The number of hydrogen-bond acceptors (Lipinski definition) is 5. The third-order valence-electron chi connectivity index (χ3n) is 3.76. The van der Waals surface area contributed by atoms with Gasteiger partial charge in [-0.3, -0.25) is 5.32 Å². The van der Waals surface area contributed by atoms with E-state index in [2.05, 4.69) is 28.4 Å². The number of nitrogens with zero attached hydrogens (tertiary/aromatic N) is 3. The monoisotopic (exact) mass is 370 g/mol. The van der Waals surface area contributed by atoms with E-state index in [0.717, 1.165) is 40.5 Å². The van der Waals surface area contributed by atoms with Gasteiger partial charge in [0.05, 0.1) is 12.8 Å². The number of anilines is 1. The minimum atomic E-state index is -0.444. The fraction of sp³-hybridized carbons (Fsp3) is 0.316. The maximum absolute atomic E-state index is 11.5. The Morgan fingerprint density at radius 3 is 2.77 bits per heavy atom. The van der Waals surface area contributed by atoms with E-state index in [1.807, 2.05) is 34.8 Å². The fourth-order valence-corrected chi connectivity index (χ4v) is 3.44. The van der Waals surface area contributed by atoms with E-state index in [4.69, 9.17) is 4.74 Å². The van der Waals surface area contributed by atoms with E-state index in [9.17, 15) is 4.79 Å². The summed E-state index contributed by atoms with van der Waals surface area (Å²) in [5, 5.41) is 8.09. The van der Waals surface area contributed by atoms with Crippen LogP contribution in [-0.4, -0.2) is 27.3 Å². The molecule has 0 aliphatic rings. The number of carbonyl (C=O) groups is 1. The van der Waals surface area contributed by atoms with Gasteiger partial charge >= 0.3 is 6.09 Å². The lowest BCUT2D eigenvalue weighted by Gasteiger charge is -2.09. The van der Waals surface area contributed by atoms with Crippen LogP contribution in [0.15, 0.2) is 52.5 Å². The lowest BCUT2D eigenvalue weighted by molar-refractivity contribution is 0.168. The molecule has 1 N–H and O–H groups in total. The van der Waals surface area contributed by atoms with Crippen LogP contribution in [0.3, 0.4) is 0 Å². The van der Waals surface area contributed by atoms with Crippen LogP contribution in [0.1, 0.15) is 32.4 Å². The lowest BCUT2D eigenvalue weighted by atomic mass is 10.2. The molecule has 0 unspecified atom stereocenters. The first-order valence-electron chi connectivity index (χ1n) is 8.75. The molecule has 0 bridgehead atoms. The topological polar surface area (TPSA) is 68.5 Å². The molecule has 6 nitrogen and oxygen atoms in total. The molecule has 0 fully saturated rings. The largest absolute Gasteiger partial charge is 0.450 e. The number of ether oxygens (including phenoxy) is 1. The van der Waals surface area contributed by atoms with Gasteiger partial charge in [-0.1, -0.05) is 25.1 Å². The highest BCUT2D eigenvalue weighted by Gasteiger charge is 2.09. The summed E-state index contributed by atoms with van der Waals surface area (Å²) in [4.78, 5) is 17.2. The summed E-state index contributed by atoms with van der Waals surface area (Å²) >= 11 is 1.62. The molecule has 0 aliphatic carbocycles. The van der Waals surface area contributed by atoms with Gasteiger partial charge in [-0.15, -0.1) is 0 Å². The maximum Gasteiger partial charge on any atom is 0.411 e. The van der Waals surface area contributed by atoms with E-state index < -0.39 is 6.09 Å². The average molecular weight is 370 g/mol. The highest BCUT2D eigenvalue weighted by atomic mass is 32.2. The van der Waals surface area contributed by atoms with Gasteiger partial charge in [0, 0.05) is 22.3 Å². The van der Waals surface area contributed by atoms with Crippen LogP contribution in [0, 0.1) is 0 Å². The Labute approximate surface area is 157 Å². The Morgan fingerprint density at radius 1 is 1.23 bits per heavy atom. The van der Waals surface area contributed by atoms with Crippen molar-refractivity contribution in [3.8, 4) is 0 Å². The Bertz CT molecular complexity index is 877. The van der Waals surface area contributed by atoms with Crippen molar-refractivity contribution in [1.29, 1.82) is 0 Å². The molecule has 1 aromatic carbocycles. The summed E-state index contributed by atoms with van der Waals surface area (Å²) in [5.41, 5.74) is 2.65. The van der Waals surface area contributed by atoms with E-state index >= 15 is 0 Å². The van der Waals surface area contributed by atoms with Crippen LogP contribution < -0.4 is 5.32 Å². The molecule has 136 valence electrons. The number of nitrogens with one attached hydrogen (secondary N) is 1. The van der Waals surface area contributed by atoms with Crippen LogP contribution in [0.2, 0.25) is 0 Å². The summed E-state index contributed by atoms with van der Waals surface area (Å²) in [6, 6.07) is 11.7. The molecule has 2 aromatic heterocycles. The normalized spacial score (nSPS) is 10.8. The number of aromatic nitrogens is 3. The highest BCUT2D eigenvalue weighted by molar-refractivity contribution is 7.99. The van der Waals surface area contributed by atoms with E-state index in [1.54, 1.807) is 24.9 Å². The molecule has 0 spiro atoms. The van der Waals surface area contributed by atoms with E-state index in [-0.39, 0.29) is 0 Å². The van der Waals surface area contributed by atoms with Crippen molar-refractivity contribution in [3.63, 3.8) is 0 Å². The Hall–Kier alpha value is -2.54. The number of rotatable bonds is 7. The van der Waals surface area contributed by atoms with Crippen molar-refractivity contribution in [2.24, 2.45) is 0 Å². The summed E-state index contributed by atoms with van der Waals surface area (Å²) < 4.78 is 6.73. The van der Waals surface area contributed by atoms with Crippen molar-refractivity contribution < 1.29 is 9.53 Å². The standard InChI is InChI=1S/C19H22N4O2S/c1-3-5-6-15-13-18(23-17(21-15)11-12-20-23)26-16-9-7-14(8-10-16)22-19(24)25-4-2/h7-13H,3-6H2,1-2H3,(H,22,24). The quantitative estimate of drug-likeness (QED) is 0.606. The predicted octanol–water partition coefficient (Wildman–Crippen LogP) is 4.79. The molecule has 7 heteroatoms. The van der Waals surface area contributed by atoms with Gasteiger partial charge in [0.25, 0.3) is 0 Å². The van der Waals surface area contributed by atoms with Crippen LogP contribution in [0.5, 0.6) is 0 Å². The second-order valence-corrected chi connectivity index (χ2v) is 6.86. The average Bonchev–Trinajstić information content (AvgIpc) is 3.11. The first-order valence-corrected chi connectivity index (χ1v) is 9.56. The van der Waals surface area contributed by atoms with Crippen molar-refractivity contribution in [2.75, 3.05) is 11.9 Å². The SMILES string of the molecule is CCCCc1cc(Sc2ccc(NC(=O)OCC)cc2)n2nccc2n1. The molecule has 0 saturated heterocycles. The zero-order valence-corrected chi connectivity index (χ0v) is 15.8. The molecule has 0 radical (unpaired) electrons. The van der Waals surface area contributed by atoms with Gasteiger partial charge in [0.1, 0.15) is 5.03 Å². The first-order chi connectivity index (χ1) is 12.7. The first kappa shape index (κ1) is 18.3. The van der Waals surface area contributed by atoms with Gasteiger partial charge in [0.2, 0.25) is 0 Å². The molecular formula is C19H22N4O2S. The number of benzene rings is 1. The Morgan fingerprint density at radius 2 is 2.04 bits per heavy atom. The fourth-order valence-electron chi connectivity index (χ4n) is 2.50. The van der Waals surface area contributed by atoms with Crippen molar-refractivity contribution >= 4 is 29.2 Å². The number of unbranched alkanes of at least 4 members (excludes halogenated alkanes) is 1. The zero-order chi connectivity index (χ0) is 18.4. The van der Waals surface area contributed by atoms with Crippen LogP contribution in [0.25, 0.3) is 5.65 Å². The summed E-state index contributed by atoms with van der Waals surface area (Å²) in [6.07, 6.45) is 4.55. The number of aryl methyl sites for hydroxylation is 1. The number of amides is 1. The van der Waals surface area contributed by atoms with Gasteiger partial charge in [-0.25, -0.2) is 14.3 Å². The predicted molar refractivity (Wildman–Crippen MR) is 103 cm³/mol. The molecule has 3 aromatic rings. The number of fused-ring (bicyclic) bond motifs is 1. The molecular weight excluding hydrogens is 348 g/mol. The van der Waals surface area contributed by atoms with Gasteiger partial charge in [0.15, 0.2) is 5.65 Å². The van der Waals surface area contributed by atoms with Crippen LogP contribution in [0.4, 0.5) is 10.5 Å². The van der Waals surface area contributed by atoms with Crippen LogP contribution in [-0.2, 0) is 11.2 Å². The highest BCUT2D eigenvalue weighted by Crippen LogP contribution is 2.29. The third-order valence-corrected chi connectivity index (χ3v) is 4.77. The summed E-state index contributed by atoms with van der Waals surface area (Å²) in [7, 11) is 0. The Kier molecular flexibility index (Phi) is 6.12. The molecule has 3 rings (SSSR count). The summed E-state index contributed by atoms with van der Waals surface area (Å²) in [6.45, 7) is 4.31. The zero-order valence-electron chi connectivity index (χ0n) is 14.9. The minimum Gasteiger partial charge on any atom is -0.450 e. The summed E-state index contributed by atoms with van der Waals surface area (Å²) in [5.74, 6) is 0. The molecule has 2 heterocycles. The lowest BCUT2D eigenvalue weighted by Crippen LogP contribution is -2.12. The van der Waals surface area contributed by atoms with Gasteiger partial charge in [-0.2, -0.15) is 5.10 Å².